The normalized spacial score (nSPS) is 37.2. The van der Waals surface area contributed by atoms with Gasteiger partial charge >= 0.3 is 11.9 Å². The van der Waals surface area contributed by atoms with E-state index in [2.05, 4.69) is 0 Å². The van der Waals surface area contributed by atoms with Crippen LogP contribution in [0.3, 0.4) is 0 Å². The molecule has 4 bridgehead atoms. The average molecular weight is 519 g/mol. The highest BCUT2D eigenvalue weighted by Crippen LogP contribution is 2.79. The minimum atomic E-state index is -1.82. The molecule has 5 aliphatic rings. The van der Waals surface area contributed by atoms with E-state index < -0.39 is 58.4 Å². The summed E-state index contributed by atoms with van der Waals surface area (Å²) in [7, 11) is 5.66. The number of hydrogen-bond donors (Lipinski definition) is 0. The van der Waals surface area contributed by atoms with Crippen LogP contribution in [0.5, 0.6) is 11.5 Å². The molecule has 0 N–H and O–H groups in total. The topological polar surface area (TPSA) is 114 Å². The van der Waals surface area contributed by atoms with E-state index in [9.17, 15) is 19.2 Å². The Hall–Kier alpha value is -3.72. The molecule has 7 rings (SSSR count). The predicted molar refractivity (Wildman–Crippen MR) is 131 cm³/mol. The summed E-state index contributed by atoms with van der Waals surface area (Å²) >= 11 is 0. The maximum Gasteiger partial charge on any atom is 0.339 e. The van der Waals surface area contributed by atoms with E-state index in [1.165, 1.54) is 26.4 Å². The fourth-order valence-corrected chi connectivity index (χ4v) is 8.89. The Balaban J connectivity index is 1.58. The van der Waals surface area contributed by atoms with Gasteiger partial charge < -0.3 is 23.7 Å². The van der Waals surface area contributed by atoms with Crippen molar-refractivity contribution in [1.82, 2.24) is 0 Å². The van der Waals surface area contributed by atoms with E-state index in [4.69, 9.17) is 23.7 Å². The SMILES string of the molecule is COC(=O)[C@@]12O[C@@](C(=O)OC)([C@@H]3[C@H]1[C@@H]1C[C@H]3c3c1c(OC)c1ccccc1c3OC)[C@H]1C(=O)C=CC(=O)[C@H]12. The minimum Gasteiger partial charge on any atom is -0.496 e. The molecular weight excluding hydrogens is 492 g/mol. The van der Waals surface area contributed by atoms with Gasteiger partial charge in [0.15, 0.2) is 22.8 Å². The van der Waals surface area contributed by atoms with E-state index in [0.717, 1.165) is 21.9 Å². The lowest BCUT2D eigenvalue weighted by atomic mass is 9.50. The Morgan fingerprint density at radius 1 is 0.763 bits per heavy atom. The summed E-state index contributed by atoms with van der Waals surface area (Å²) in [5, 5.41) is 1.72. The first-order chi connectivity index (χ1) is 18.3. The summed E-state index contributed by atoms with van der Waals surface area (Å²) in [6, 6.07) is 7.74. The van der Waals surface area contributed by atoms with Gasteiger partial charge in [-0.1, -0.05) is 24.3 Å². The number of rotatable bonds is 4. The number of carbonyl (C=O) groups excluding carboxylic acids is 4. The van der Waals surface area contributed by atoms with Crippen molar-refractivity contribution in [2.75, 3.05) is 28.4 Å². The second kappa shape index (κ2) is 7.44. The monoisotopic (exact) mass is 518 g/mol. The maximum atomic E-state index is 13.7. The van der Waals surface area contributed by atoms with Crippen LogP contribution in [0.1, 0.15) is 29.4 Å². The van der Waals surface area contributed by atoms with Crippen LogP contribution in [0.25, 0.3) is 10.8 Å². The fourth-order valence-electron chi connectivity index (χ4n) is 8.89. The smallest absolute Gasteiger partial charge is 0.339 e. The third-order valence-corrected chi connectivity index (χ3v) is 9.73. The van der Waals surface area contributed by atoms with Crippen LogP contribution in [0, 0.1) is 23.7 Å². The number of ether oxygens (including phenoxy) is 5. The van der Waals surface area contributed by atoms with E-state index in [-0.39, 0.29) is 11.8 Å². The molecule has 2 aromatic carbocycles. The molecule has 9 heteroatoms. The molecule has 2 aromatic rings. The zero-order chi connectivity index (χ0) is 26.7. The number of fused-ring (bicyclic) bond motifs is 16. The molecule has 0 spiro atoms. The Morgan fingerprint density at radius 3 is 1.55 bits per heavy atom. The Bertz CT molecular complexity index is 1400. The molecule has 1 saturated carbocycles. The van der Waals surface area contributed by atoms with E-state index in [0.29, 0.717) is 17.9 Å². The summed E-state index contributed by atoms with van der Waals surface area (Å²) < 4.78 is 29.0. The van der Waals surface area contributed by atoms with Gasteiger partial charge in [-0.25, -0.2) is 9.59 Å². The second-order valence-corrected chi connectivity index (χ2v) is 10.7. The van der Waals surface area contributed by atoms with E-state index >= 15 is 0 Å². The van der Waals surface area contributed by atoms with Gasteiger partial charge in [0.1, 0.15) is 11.5 Å². The van der Waals surface area contributed by atoms with Crippen molar-refractivity contribution in [1.29, 1.82) is 0 Å². The number of hydrogen-bond acceptors (Lipinski definition) is 9. The molecule has 2 saturated heterocycles. The zero-order valence-corrected chi connectivity index (χ0v) is 21.3. The summed E-state index contributed by atoms with van der Waals surface area (Å²) in [6.45, 7) is 0. The molecule has 0 amide bonds. The van der Waals surface area contributed by atoms with Gasteiger partial charge in [0.05, 0.1) is 40.3 Å². The largest absolute Gasteiger partial charge is 0.496 e. The second-order valence-electron chi connectivity index (χ2n) is 10.7. The highest BCUT2D eigenvalue weighted by Gasteiger charge is 2.88. The van der Waals surface area contributed by atoms with Crippen molar-refractivity contribution in [3.05, 3.63) is 47.5 Å². The predicted octanol–water partition coefficient (Wildman–Crippen LogP) is 2.48. The van der Waals surface area contributed by atoms with E-state index in [1.807, 2.05) is 24.3 Å². The standard InChI is InChI=1S/C29H26O9/c1-34-24-12-7-5-6-8-13(12)25(35-2)19-15-11-14(18(19)24)20-21(15)29(27(33)37-4)23-17(31)10-9-16(30)22(23)28(20,38-29)26(32)36-3/h5-10,14-15,20-23H,11H2,1-4H3/t14-,15+,20-,21+,22-,23+,28-,29+. The summed E-state index contributed by atoms with van der Waals surface area (Å²) in [4.78, 5) is 54.3. The van der Waals surface area contributed by atoms with Gasteiger partial charge in [0.25, 0.3) is 0 Å². The van der Waals surface area contributed by atoms with Crippen LogP contribution in [0.15, 0.2) is 36.4 Å². The van der Waals surface area contributed by atoms with Crippen molar-refractivity contribution in [3.63, 3.8) is 0 Å². The number of benzene rings is 2. The molecule has 2 aliphatic heterocycles. The molecule has 38 heavy (non-hydrogen) atoms. The van der Waals surface area contributed by atoms with Gasteiger partial charge in [-0.2, -0.15) is 0 Å². The van der Waals surface area contributed by atoms with Gasteiger partial charge in [-0.3, -0.25) is 9.59 Å². The zero-order valence-electron chi connectivity index (χ0n) is 21.3. The van der Waals surface area contributed by atoms with Crippen LogP contribution in [0.4, 0.5) is 0 Å². The number of methoxy groups -OCH3 is 4. The van der Waals surface area contributed by atoms with Crippen LogP contribution in [-0.2, 0) is 33.4 Å². The summed E-state index contributed by atoms with van der Waals surface area (Å²) in [5.74, 6) is -5.29. The van der Waals surface area contributed by atoms with Gasteiger partial charge in [-0.05, 0) is 30.4 Å². The maximum absolute atomic E-state index is 13.7. The quantitative estimate of drug-likeness (QED) is 0.563. The molecule has 8 atom stereocenters. The molecule has 3 aliphatic carbocycles. The van der Waals surface area contributed by atoms with Crippen LogP contribution < -0.4 is 9.47 Å². The summed E-state index contributed by atoms with van der Waals surface area (Å²) in [6.07, 6.45) is 2.93. The first kappa shape index (κ1) is 23.4. The van der Waals surface area contributed by atoms with Crippen molar-refractivity contribution in [2.45, 2.75) is 29.5 Å². The molecule has 0 radical (unpaired) electrons. The lowest BCUT2D eigenvalue weighted by Crippen LogP contribution is -2.63. The van der Waals surface area contributed by atoms with Gasteiger partial charge in [0, 0.05) is 33.7 Å². The van der Waals surface area contributed by atoms with Crippen molar-refractivity contribution in [2.24, 2.45) is 23.7 Å². The van der Waals surface area contributed by atoms with Crippen molar-refractivity contribution in [3.8, 4) is 11.5 Å². The third-order valence-electron chi connectivity index (χ3n) is 9.73. The Kier molecular flexibility index (Phi) is 4.58. The number of carbonyl (C=O) groups is 4. The molecule has 0 unspecified atom stereocenters. The van der Waals surface area contributed by atoms with Crippen molar-refractivity contribution < 1.29 is 42.9 Å². The van der Waals surface area contributed by atoms with Crippen molar-refractivity contribution >= 4 is 34.3 Å². The van der Waals surface area contributed by atoms with Gasteiger partial charge in [0.2, 0.25) is 0 Å². The molecule has 2 heterocycles. The fraction of sp³-hybridized carbons (Fsp3) is 0.448. The molecule has 0 aromatic heterocycles. The third kappa shape index (κ3) is 2.26. The van der Waals surface area contributed by atoms with Crippen LogP contribution in [0.2, 0.25) is 0 Å². The number of allylic oxidation sites excluding steroid dienone is 2. The lowest BCUT2D eigenvalue weighted by Gasteiger charge is -2.47. The van der Waals surface area contributed by atoms with Gasteiger partial charge in [-0.15, -0.1) is 0 Å². The van der Waals surface area contributed by atoms with E-state index in [1.54, 1.807) is 14.2 Å². The molecular formula is C29H26O9. The highest BCUT2D eigenvalue weighted by atomic mass is 16.6. The minimum absolute atomic E-state index is 0.311. The number of ketones is 2. The molecule has 9 nitrogen and oxygen atoms in total. The average Bonchev–Trinajstić information content (AvgIpc) is 3.68. The summed E-state index contributed by atoms with van der Waals surface area (Å²) in [5.41, 5.74) is -1.88. The van der Waals surface area contributed by atoms with Crippen LogP contribution >= 0.6 is 0 Å². The molecule has 3 fully saturated rings. The molecule has 196 valence electrons. The highest BCUT2D eigenvalue weighted by molar-refractivity contribution is 6.14. The first-order valence-electron chi connectivity index (χ1n) is 12.6. The lowest BCUT2D eigenvalue weighted by molar-refractivity contribution is -0.185. The Morgan fingerprint density at radius 2 is 1.18 bits per heavy atom. The first-order valence-corrected chi connectivity index (χ1v) is 12.6. The van der Waals surface area contributed by atoms with Crippen LogP contribution in [-0.4, -0.2) is 63.1 Å². The Labute approximate surface area is 218 Å². The number of esters is 2.